The van der Waals surface area contributed by atoms with Gasteiger partial charge >= 0.3 is 0 Å². The molecule has 4 nitrogen and oxygen atoms in total. The van der Waals surface area contributed by atoms with E-state index in [0.29, 0.717) is 16.3 Å². The Morgan fingerprint density at radius 1 is 1.43 bits per heavy atom. The normalized spacial score (nSPS) is 9.71. The molecule has 2 aromatic rings. The Hall–Kier alpha value is -1.86. The predicted molar refractivity (Wildman–Crippen MR) is 51.1 cm³/mol. The van der Waals surface area contributed by atoms with E-state index in [9.17, 15) is 0 Å². The number of rotatable bonds is 1. The molecule has 0 saturated heterocycles. The third-order valence-corrected chi connectivity index (χ3v) is 2.05. The molecule has 0 radical (unpaired) electrons. The minimum atomic E-state index is 0.481. The minimum absolute atomic E-state index is 0.481. The molecule has 1 aromatic carbocycles. The molecule has 0 aliphatic rings. The fraction of sp³-hybridized carbons (Fsp3) is 0. The number of nitriles is 1. The van der Waals surface area contributed by atoms with Gasteiger partial charge in [0.05, 0.1) is 34.7 Å². The molecule has 0 bridgehead atoms. The van der Waals surface area contributed by atoms with Gasteiger partial charge < -0.3 is 0 Å². The standard InChI is InChI=1S/C9H5ClN4/c10-8-5-7(6-11)1-2-9(8)14-4-3-12-13-14/h1-5H. The molecule has 0 fully saturated rings. The number of nitrogens with zero attached hydrogens (tertiary/aromatic N) is 4. The van der Waals surface area contributed by atoms with E-state index in [-0.39, 0.29) is 0 Å². The van der Waals surface area contributed by atoms with Gasteiger partial charge in [0.25, 0.3) is 0 Å². The summed E-state index contributed by atoms with van der Waals surface area (Å²) >= 11 is 5.96. The van der Waals surface area contributed by atoms with Crippen LogP contribution in [0.25, 0.3) is 5.69 Å². The lowest BCUT2D eigenvalue weighted by Gasteiger charge is -2.02. The molecule has 0 saturated carbocycles. The Balaban J connectivity index is 2.52. The lowest BCUT2D eigenvalue weighted by molar-refractivity contribution is 0.803. The van der Waals surface area contributed by atoms with E-state index in [1.54, 1.807) is 35.3 Å². The molecule has 0 N–H and O–H groups in total. The Labute approximate surface area is 85.3 Å². The van der Waals surface area contributed by atoms with Gasteiger partial charge in [0.2, 0.25) is 0 Å². The lowest BCUT2D eigenvalue weighted by Crippen LogP contribution is -1.96. The molecular formula is C9H5ClN4. The Kier molecular flexibility index (Phi) is 2.17. The lowest BCUT2D eigenvalue weighted by atomic mass is 10.2. The first-order valence-electron chi connectivity index (χ1n) is 3.87. The fourth-order valence-corrected chi connectivity index (χ4v) is 1.37. The summed E-state index contributed by atoms with van der Waals surface area (Å²) in [5.41, 5.74) is 1.24. The Morgan fingerprint density at radius 2 is 2.29 bits per heavy atom. The van der Waals surface area contributed by atoms with Crippen molar-refractivity contribution >= 4 is 11.6 Å². The van der Waals surface area contributed by atoms with E-state index < -0.39 is 0 Å². The molecule has 1 heterocycles. The summed E-state index contributed by atoms with van der Waals surface area (Å²) in [4.78, 5) is 0. The van der Waals surface area contributed by atoms with Crippen LogP contribution < -0.4 is 0 Å². The smallest absolute Gasteiger partial charge is 0.0992 e. The van der Waals surface area contributed by atoms with E-state index in [2.05, 4.69) is 10.3 Å². The molecule has 2 rings (SSSR count). The van der Waals surface area contributed by atoms with Crippen molar-refractivity contribution in [3.63, 3.8) is 0 Å². The predicted octanol–water partition coefficient (Wildman–Crippen LogP) is 1.79. The molecule has 5 heteroatoms. The number of aromatic nitrogens is 3. The molecule has 0 spiro atoms. The van der Waals surface area contributed by atoms with Crippen LogP contribution in [0.15, 0.2) is 30.6 Å². The SMILES string of the molecule is N#Cc1ccc(-n2ccnn2)c(Cl)c1. The van der Waals surface area contributed by atoms with Crippen molar-refractivity contribution in [3.8, 4) is 11.8 Å². The van der Waals surface area contributed by atoms with E-state index in [1.165, 1.54) is 0 Å². The highest BCUT2D eigenvalue weighted by molar-refractivity contribution is 6.32. The zero-order chi connectivity index (χ0) is 9.97. The van der Waals surface area contributed by atoms with Crippen molar-refractivity contribution in [1.82, 2.24) is 15.0 Å². The molecule has 68 valence electrons. The monoisotopic (exact) mass is 204 g/mol. The Morgan fingerprint density at radius 3 is 2.86 bits per heavy atom. The van der Waals surface area contributed by atoms with Gasteiger partial charge in [-0.3, -0.25) is 0 Å². The summed E-state index contributed by atoms with van der Waals surface area (Å²) in [6, 6.07) is 7.02. The summed E-state index contributed by atoms with van der Waals surface area (Å²) < 4.78 is 1.55. The molecule has 0 amide bonds. The quantitative estimate of drug-likeness (QED) is 0.712. The van der Waals surface area contributed by atoms with Crippen molar-refractivity contribution in [2.75, 3.05) is 0 Å². The summed E-state index contributed by atoms with van der Waals surface area (Å²) in [6.45, 7) is 0. The largest absolute Gasteiger partial charge is 0.219 e. The van der Waals surface area contributed by atoms with Gasteiger partial charge in [-0.1, -0.05) is 16.8 Å². The van der Waals surface area contributed by atoms with Crippen LogP contribution >= 0.6 is 11.6 Å². The molecule has 1 aromatic heterocycles. The van der Waals surface area contributed by atoms with Gasteiger partial charge in [0.1, 0.15) is 0 Å². The van der Waals surface area contributed by atoms with Crippen LogP contribution in [0.5, 0.6) is 0 Å². The summed E-state index contributed by atoms with van der Waals surface area (Å²) in [5, 5.41) is 16.6. The highest BCUT2D eigenvalue weighted by Gasteiger charge is 2.03. The molecule has 0 unspecified atom stereocenters. The van der Waals surface area contributed by atoms with Crippen LogP contribution in [0.3, 0.4) is 0 Å². The minimum Gasteiger partial charge on any atom is -0.219 e. The zero-order valence-electron chi connectivity index (χ0n) is 7.05. The molecule has 0 aliphatic carbocycles. The second-order valence-corrected chi connectivity index (χ2v) is 3.03. The van der Waals surface area contributed by atoms with Crippen LogP contribution in [-0.4, -0.2) is 15.0 Å². The average Bonchev–Trinajstić information content (AvgIpc) is 2.70. The van der Waals surface area contributed by atoms with E-state index in [4.69, 9.17) is 16.9 Å². The first-order valence-corrected chi connectivity index (χ1v) is 4.25. The average molecular weight is 205 g/mol. The second-order valence-electron chi connectivity index (χ2n) is 2.63. The zero-order valence-corrected chi connectivity index (χ0v) is 7.81. The third-order valence-electron chi connectivity index (χ3n) is 1.75. The first kappa shape index (κ1) is 8.73. The van der Waals surface area contributed by atoms with Gasteiger partial charge in [-0.15, -0.1) is 5.10 Å². The number of benzene rings is 1. The van der Waals surface area contributed by atoms with Crippen molar-refractivity contribution in [1.29, 1.82) is 5.26 Å². The van der Waals surface area contributed by atoms with Gasteiger partial charge in [-0.2, -0.15) is 5.26 Å². The molecule has 0 atom stereocenters. The topological polar surface area (TPSA) is 54.5 Å². The molecule has 0 aliphatic heterocycles. The van der Waals surface area contributed by atoms with Crippen molar-refractivity contribution < 1.29 is 0 Å². The number of hydrogen-bond donors (Lipinski definition) is 0. The van der Waals surface area contributed by atoms with Crippen molar-refractivity contribution in [3.05, 3.63) is 41.2 Å². The fourth-order valence-electron chi connectivity index (χ4n) is 1.10. The highest BCUT2D eigenvalue weighted by atomic mass is 35.5. The van der Waals surface area contributed by atoms with Crippen LogP contribution in [0, 0.1) is 11.3 Å². The maximum atomic E-state index is 8.64. The van der Waals surface area contributed by atoms with Crippen LogP contribution in [0.1, 0.15) is 5.56 Å². The summed E-state index contributed by atoms with van der Waals surface area (Å²) in [6.07, 6.45) is 3.25. The third kappa shape index (κ3) is 1.45. The van der Waals surface area contributed by atoms with Gasteiger partial charge in [0, 0.05) is 0 Å². The van der Waals surface area contributed by atoms with Crippen LogP contribution in [0.2, 0.25) is 5.02 Å². The van der Waals surface area contributed by atoms with Crippen molar-refractivity contribution in [2.45, 2.75) is 0 Å². The van der Waals surface area contributed by atoms with E-state index >= 15 is 0 Å². The summed E-state index contributed by atoms with van der Waals surface area (Å²) in [7, 11) is 0. The maximum Gasteiger partial charge on any atom is 0.0992 e. The first-order chi connectivity index (χ1) is 6.81. The second kappa shape index (κ2) is 3.48. The van der Waals surface area contributed by atoms with E-state index in [1.807, 2.05) is 6.07 Å². The van der Waals surface area contributed by atoms with Gasteiger partial charge in [0.15, 0.2) is 0 Å². The number of hydrogen-bond acceptors (Lipinski definition) is 3. The summed E-state index contributed by atoms with van der Waals surface area (Å²) in [5.74, 6) is 0. The van der Waals surface area contributed by atoms with Gasteiger partial charge in [-0.25, -0.2) is 4.68 Å². The van der Waals surface area contributed by atoms with E-state index in [0.717, 1.165) is 0 Å². The Bertz CT molecular complexity index is 484. The van der Waals surface area contributed by atoms with Crippen molar-refractivity contribution in [2.24, 2.45) is 0 Å². The number of halogens is 1. The van der Waals surface area contributed by atoms with Crippen LogP contribution in [0.4, 0.5) is 0 Å². The van der Waals surface area contributed by atoms with Crippen LogP contribution in [-0.2, 0) is 0 Å². The highest BCUT2D eigenvalue weighted by Crippen LogP contribution is 2.20. The molecule has 14 heavy (non-hydrogen) atoms. The maximum absolute atomic E-state index is 8.64. The molecular weight excluding hydrogens is 200 g/mol. The van der Waals surface area contributed by atoms with Gasteiger partial charge in [-0.05, 0) is 18.2 Å².